The fraction of sp³-hybridized carbons (Fsp3) is 0.194. The second-order valence-electron chi connectivity index (χ2n) is 10.4. The maximum absolute atomic E-state index is 13.1. The van der Waals surface area contributed by atoms with E-state index in [4.69, 9.17) is 32.9 Å². The largest absolute Gasteiger partial charge is 0.444 e. The summed E-state index contributed by atoms with van der Waals surface area (Å²) in [4.78, 5) is 17.3. The molecule has 1 atom stereocenters. The average molecular weight is 626 g/mol. The fourth-order valence-corrected chi connectivity index (χ4v) is 5.14. The summed E-state index contributed by atoms with van der Waals surface area (Å²) >= 11 is 12.3. The summed E-state index contributed by atoms with van der Waals surface area (Å²) in [5, 5.41) is 6.66. The number of guanidine groups is 1. The van der Waals surface area contributed by atoms with E-state index in [0.717, 1.165) is 22.4 Å². The molecule has 1 aromatic heterocycles. The monoisotopic (exact) mass is 624 g/mol. The molecule has 42 heavy (non-hydrogen) atoms. The molecule has 8 nitrogen and oxygen atoms in total. The third-order valence-corrected chi connectivity index (χ3v) is 7.70. The third kappa shape index (κ3) is 8.31. The van der Waals surface area contributed by atoms with Crippen molar-refractivity contribution < 1.29 is 17.9 Å². The number of sulfonamides is 1. The van der Waals surface area contributed by atoms with Crippen LogP contribution >= 0.6 is 23.2 Å². The molecule has 0 saturated carbocycles. The van der Waals surface area contributed by atoms with E-state index < -0.39 is 27.8 Å². The van der Waals surface area contributed by atoms with Crippen molar-refractivity contribution in [2.45, 2.75) is 44.2 Å². The van der Waals surface area contributed by atoms with Crippen LogP contribution in [0.1, 0.15) is 39.3 Å². The lowest BCUT2D eigenvalue weighted by molar-refractivity contribution is 0.0561. The highest BCUT2D eigenvalue weighted by Gasteiger charge is 2.22. The van der Waals surface area contributed by atoms with Gasteiger partial charge in [0.05, 0.1) is 16.6 Å². The molecule has 3 aromatic carbocycles. The lowest BCUT2D eigenvalue weighted by Gasteiger charge is -2.22. The van der Waals surface area contributed by atoms with E-state index in [1.165, 1.54) is 12.1 Å². The van der Waals surface area contributed by atoms with Gasteiger partial charge in [-0.3, -0.25) is 10.3 Å². The summed E-state index contributed by atoms with van der Waals surface area (Å²) in [6, 6.07) is 23.8. The molecule has 2 N–H and O–H groups in total. The van der Waals surface area contributed by atoms with Crippen LogP contribution in [-0.2, 0) is 14.8 Å². The number of ether oxygens (including phenoxy) is 1. The molecule has 0 aliphatic heterocycles. The lowest BCUT2D eigenvalue weighted by Crippen LogP contribution is -2.44. The lowest BCUT2D eigenvalue weighted by atomic mass is 9.96. The van der Waals surface area contributed by atoms with Crippen LogP contribution in [0.4, 0.5) is 4.79 Å². The maximum Gasteiger partial charge on any atom is 0.414 e. The van der Waals surface area contributed by atoms with Crippen LogP contribution in [0.15, 0.2) is 100 Å². The highest BCUT2D eigenvalue weighted by atomic mass is 35.5. The highest BCUT2D eigenvalue weighted by molar-refractivity contribution is 7.90. The van der Waals surface area contributed by atoms with Crippen molar-refractivity contribution >= 4 is 45.3 Å². The number of halogens is 2. The van der Waals surface area contributed by atoms with Gasteiger partial charge in [-0.05, 0) is 81.3 Å². The van der Waals surface area contributed by atoms with E-state index in [0.29, 0.717) is 15.6 Å². The van der Waals surface area contributed by atoms with Crippen molar-refractivity contribution in [3.05, 3.63) is 107 Å². The molecule has 11 heteroatoms. The molecule has 1 heterocycles. The molecular weight excluding hydrogens is 595 g/mol. The summed E-state index contributed by atoms with van der Waals surface area (Å²) in [6.07, 6.45) is 0.819. The fourth-order valence-electron chi connectivity index (χ4n) is 3.94. The second kappa shape index (κ2) is 12.9. The number of hydrogen-bond acceptors (Lipinski definition) is 5. The number of benzene rings is 3. The van der Waals surface area contributed by atoms with E-state index in [1.54, 1.807) is 76.4 Å². The molecule has 0 fully saturated rings. The van der Waals surface area contributed by atoms with Gasteiger partial charge in [0.2, 0.25) is 5.96 Å². The molecule has 0 bridgehead atoms. The summed E-state index contributed by atoms with van der Waals surface area (Å²) in [7, 11) is -4.16. The van der Waals surface area contributed by atoms with E-state index in [9.17, 15) is 13.2 Å². The van der Waals surface area contributed by atoms with Crippen LogP contribution in [0.5, 0.6) is 0 Å². The van der Waals surface area contributed by atoms with Gasteiger partial charge in [-0.2, -0.15) is 8.42 Å². The van der Waals surface area contributed by atoms with Crippen LogP contribution in [0.3, 0.4) is 0 Å². The number of nitrogens with zero attached hydrogens (tertiary/aromatic N) is 2. The van der Waals surface area contributed by atoms with Crippen molar-refractivity contribution in [2.24, 2.45) is 4.40 Å². The number of aromatic nitrogens is 1. The Labute approximate surface area is 255 Å². The van der Waals surface area contributed by atoms with E-state index >= 15 is 0 Å². The molecule has 1 unspecified atom stereocenters. The minimum atomic E-state index is -4.16. The quantitative estimate of drug-likeness (QED) is 0.168. The van der Waals surface area contributed by atoms with Gasteiger partial charge in [0.15, 0.2) is 0 Å². The van der Waals surface area contributed by atoms with Gasteiger partial charge in [-0.25, -0.2) is 4.79 Å². The van der Waals surface area contributed by atoms with Gasteiger partial charge in [-0.15, -0.1) is 4.40 Å². The van der Waals surface area contributed by atoms with Crippen molar-refractivity contribution in [2.75, 3.05) is 0 Å². The van der Waals surface area contributed by atoms with Gasteiger partial charge >= 0.3 is 6.09 Å². The predicted octanol–water partition coefficient (Wildman–Crippen LogP) is 7.64. The molecule has 4 aromatic rings. The molecule has 0 aliphatic rings. The molecular formula is C31H30Cl2N4O4S. The minimum absolute atomic E-state index is 0.0260. The van der Waals surface area contributed by atoms with Crippen LogP contribution in [0.25, 0.3) is 22.4 Å². The molecule has 1 amide bonds. The van der Waals surface area contributed by atoms with Gasteiger partial charge in [0.25, 0.3) is 10.0 Å². The summed E-state index contributed by atoms with van der Waals surface area (Å²) < 4.78 is 35.4. The van der Waals surface area contributed by atoms with Crippen molar-refractivity contribution in [1.82, 2.24) is 15.6 Å². The summed E-state index contributed by atoms with van der Waals surface area (Å²) in [6.45, 7) is 6.90. The number of carbonyl (C=O) groups is 1. The SMILES string of the molecule is CC(NC(=NS(=O)(=O)c1ccccc1)NC(=O)OC(C)(C)C)c1cnc(-c2ccc(Cl)cc2)c(-c2ccc(Cl)cc2)c1. The zero-order valence-electron chi connectivity index (χ0n) is 23.4. The Kier molecular flexibility index (Phi) is 9.56. The van der Waals surface area contributed by atoms with Gasteiger partial charge in [0.1, 0.15) is 5.60 Å². The Morgan fingerprint density at radius 3 is 2.05 bits per heavy atom. The molecule has 0 saturated heterocycles. The van der Waals surface area contributed by atoms with Crippen LogP contribution < -0.4 is 10.6 Å². The number of nitrogens with one attached hydrogen (secondary N) is 2. The molecule has 0 spiro atoms. The summed E-state index contributed by atoms with van der Waals surface area (Å²) in [5.74, 6) is -0.296. The number of amides is 1. The molecule has 4 rings (SSSR count). The van der Waals surface area contributed by atoms with Crippen molar-refractivity contribution in [3.63, 3.8) is 0 Å². The Hall–Kier alpha value is -3.92. The highest BCUT2D eigenvalue weighted by Crippen LogP contribution is 2.33. The Morgan fingerprint density at radius 1 is 0.905 bits per heavy atom. The number of carbonyl (C=O) groups excluding carboxylic acids is 1. The topological polar surface area (TPSA) is 110 Å². The van der Waals surface area contributed by atoms with Crippen LogP contribution in [-0.4, -0.2) is 31.1 Å². The molecule has 218 valence electrons. The van der Waals surface area contributed by atoms with Crippen molar-refractivity contribution in [1.29, 1.82) is 0 Å². The Morgan fingerprint density at radius 2 is 1.48 bits per heavy atom. The standard InChI is InChI=1S/C31H30Cl2N4O4S/c1-20(35-29(36-30(38)41-31(2,3)4)37-42(39,40)26-8-6-5-7-9-26)23-18-27(21-10-14-24(32)15-11-21)28(34-19-23)22-12-16-25(33)17-13-22/h5-20H,1-4H3,(H2,35,36,37,38). The zero-order chi connectivity index (χ0) is 30.5. The zero-order valence-corrected chi connectivity index (χ0v) is 25.8. The number of rotatable bonds is 6. The normalized spacial score (nSPS) is 12.9. The van der Waals surface area contributed by atoms with Crippen LogP contribution in [0.2, 0.25) is 10.0 Å². The number of hydrogen-bond donors (Lipinski definition) is 2. The first-order valence-electron chi connectivity index (χ1n) is 13.0. The number of pyridine rings is 1. The van der Waals surface area contributed by atoms with Crippen LogP contribution in [0, 0.1) is 0 Å². The number of alkyl carbamates (subject to hydrolysis) is 1. The predicted molar refractivity (Wildman–Crippen MR) is 167 cm³/mol. The minimum Gasteiger partial charge on any atom is -0.444 e. The smallest absolute Gasteiger partial charge is 0.414 e. The van der Waals surface area contributed by atoms with E-state index in [-0.39, 0.29) is 10.9 Å². The van der Waals surface area contributed by atoms with Crippen molar-refractivity contribution in [3.8, 4) is 22.4 Å². The third-order valence-electron chi connectivity index (χ3n) is 5.91. The van der Waals surface area contributed by atoms with E-state index in [2.05, 4.69) is 15.0 Å². The van der Waals surface area contributed by atoms with Gasteiger partial charge in [0, 0.05) is 27.4 Å². The Balaban J connectivity index is 1.73. The first-order chi connectivity index (χ1) is 19.8. The van der Waals surface area contributed by atoms with Gasteiger partial charge in [-0.1, -0.05) is 65.7 Å². The first kappa shape index (κ1) is 31.0. The second-order valence-corrected chi connectivity index (χ2v) is 12.9. The molecule has 0 radical (unpaired) electrons. The molecule has 0 aliphatic carbocycles. The van der Waals surface area contributed by atoms with E-state index in [1.807, 2.05) is 30.3 Å². The van der Waals surface area contributed by atoms with Gasteiger partial charge < -0.3 is 10.1 Å². The summed E-state index contributed by atoms with van der Waals surface area (Å²) in [5.41, 5.74) is 3.16. The average Bonchev–Trinajstić information content (AvgIpc) is 2.93. The Bertz CT molecular complexity index is 1690. The maximum atomic E-state index is 13.1. The first-order valence-corrected chi connectivity index (χ1v) is 15.2.